The summed E-state index contributed by atoms with van der Waals surface area (Å²) in [5.74, 6) is 0. The van der Waals surface area contributed by atoms with Gasteiger partial charge in [-0.2, -0.15) is 5.26 Å². The van der Waals surface area contributed by atoms with Gasteiger partial charge in [0.1, 0.15) is 6.07 Å². The summed E-state index contributed by atoms with van der Waals surface area (Å²) < 4.78 is 0. The Hall–Kier alpha value is -1.18. The molecule has 0 bridgehead atoms. The lowest BCUT2D eigenvalue weighted by molar-refractivity contribution is 0.392. The van der Waals surface area contributed by atoms with Gasteiger partial charge >= 0.3 is 0 Å². The van der Waals surface area contributed by atoms with Crippen LogP contribution in [0.25, 0.3) is 0 Å². The van der Waals surface area contributed by atoms with Crippen LogP contribution in [0.3, 0.4) is 0 Å². The van der Waals surface area contributed by atoms with Crippen molar-refractivity contribution >= 4 is 17.4 Å². The van der Waals surface area contributed by atoms with E-state index in [1.165, 1.54) is 0 Å². The molecule has 0 aromatic heterocycles. The lowest BCUT2D eigenvalue weighted by Crippen LogP contribution is -2.29. The molecule has 0 saturated carbocycles. The minimum atomic E-state index is 0.314. The number of nitrogens with zero attached hydrogens (tertiary/aromatic N) is 2. The van der Waals surface area contributed by atoms with Crippen LogP contribution in [0.5, 0.6) is 0 Å². The number of hydrogen-bond acceptors (Lipinski definition) is 4. The van der Waals surface area contributed by atoms with E-state index in [4.69, 9.17) is 0 Å². The van der Waals surface area contributed by atoms with Crippen molar-refractivity contribution in [3.05, 3.63) is 23.8 Å². The first-order chi connectivity index (χ1) is 8.08. The van der Waals surface area contributed by atoms with Gasteiger partial charge in [0.15, 0.2) is 0 Å². The highest BCUT2D eigenvalue weighted by Gasteiger charge is 2.10. The van der Waals surface area contributed by atoms with Gasteiger partial charge in [0.05, 0.1) is 11.3 Å². The molecule has 0 aliphatic heterocycles. The van der Waals surface area contributed by atoms with Crippen LogP contribution in [0.4, 0.5) is 5.69 Å². The fourth-order valence-electron chi connectivity index (χ4n) is 1.80. The zero-order valence-electron chi connectivity index (χ0n) is 10.8. The maximum Gasteiger partial charge on any atom is 0.102 e. The third kappa shape index (κ3) is 3.95. The molecule has 92 valence electrons. The zero-order chi connectivity index (χ0) is 12.8. The molecule has 0 radical (unpaired) electrons. The maximum atomic E-state index is 9.21. The maximum absolute atomic E-state index is 9.21. The van der Waals surface area contributed by atoms with Crippen LogP contribution in [0.2, 0.25) is 0 Å². The molecule has 0 fully saturated rings. The van der Waals surface area contributed by atoms with E-state index in [1.54, 1.807) is 11.8 Å². The van der Waals surface area contributed by atoms with Gasteiger partial charge in [-0.25, -0.2) is 0 Å². The number of nitriles is 1. The number of nitrogens with one attached hydrogen (secondary N) is 1. The molecule has 1 aromatic rings. The minimum Gasteiger partial charge on any atom is -0.380 e. The number of likely N-dealkylation sites (N-methyl/N-ethyl adjacent to an activating group) is 1. The van der Waals surface area contributed by atoms with E-state index in [0.717, 1.165) is 22.7 Å². The minimum absolute atomic E-state index is 0.314. The first-order valence-electron chi connectivity index (χ1n) is 5.56. The fourth-order valence-corrected chi connectivity index (χ4v) is 2.37. The van der Waals surface area contributed by atoms with Crippen molar-refractivity contribution in [1.82, 2.24) is 4.90 Å². The molecule has 0 amide bonds. The molecule has 1 N–H and O–H groups in total. The monoisotopic (exact) mass is 249 g/mol. The second kappa shape index (κ2) is 6.53. The van der Waals surface area contributed by atoms with Crippen LogP contribution in [-0.4, -0.2) is 37.8 Å². The number of rotatable bonds is 5. The van der Waals surface area contributed by atoms with E-state index in [-0.39, 0.29) is 0 Å². The van der Waals surface area contributed by atoms with Gasteiger partial charge in [0.2, 0.25) is 0 Å². The molecule has 1 atom stereocenters. The Morgan fingerprint density at radius 2 is 2.18 bits per heavy atom. The molecule has 1 aromatic carbocycles. The summed E-state index contributed by atoms with van der Waals surface area (Å²) in [6.07, 6.45) is 1.99. The van der Waals surface area contributed by atoms with Crippen LogP contribution < -0.4 is 5.32 Å². The Morgan fingerprint density at radius 3 is 2.71 bits per heavy atom. The van der Waals surface area contributed by atoms with Gasteiger partial charge in [-0.1, -0.05) is 6.07 Å². The predicted octanol–water partition coefficient (Wildman–Crippen LogP) is 2.64. The van der Waals surface area contributed by atoms with Gasteiger partial charge in [0, 0.05) is 17.5 Å². The average Bonchev–Trinajstić information content (AvgIpc) is 2.27. The summed E-state index contributed by atoms with van der Waals surface area (Å²) in [4.78, 5) is 3.15. The molecule has 17 heavy (non-hydrogen) atoms. The SMILES string of the molecule is CSc1cccc(NC(C)CN(C)C)c1C#N. The van der Waals surface area contributed by atoms with Crippen LogP contribution in [0, 0.1) is 11.3 Å². The first-order valence-corrected chi connectivity index (χ1v) is 6.79. The predicted molar refractivity (Wildman–Crippen MR) is 74.6 cm³/mol. The van der Waals surface area contributed by atoms with Gasteiger partial charge < -0.3 is 10.2 Å². The summed E-state index contributed by atoms with van der Waals surface area (Å²) in [5.41, 5.74) is 1.67. The largest absolute Gasteiger partial charge is 0.380 e. The molecule has 0 aliphatic rings. The molecule has 4 heteroatoms. The lowest BCUT2D eigenvalue weighted by Gasteiger charge is -2.20. The summed E-state index contributed by atoms with van der Waals surface area (Å²) >= 11 is 1.60. The molecule has 0 saturated heterocycles. The number of hydrogen-bond donors (Lipinski definition) is 1. The molecule has 0 heterocycles. The molecule has 1 unspecified atom stereocenters. The molecule has 0 aliphatic carbocycles. The zero-order valence-corrected chi connectivity index (χ0v) is 11.6. The van der Waals surface area contributed by atoms with E-state index < -0.39 is 0 Å². The Kier molecular flexibility index (Phi) is 5.33. The van der Waals surface area contributed by atoms with Crippen molar-refractivity contribution in [3.8, 4) is 6.07 Å². The molecular weight excluding hydrogens is 230 g/mol. The number of thioether (sulfide) groups is 1. The van der Waals surface area contributed by atoms with Gasteiger partial charge in [-0.05, 0) is 39.4 Å². The van der Waals surface area contributed by atoms with Crippen molar-refractivity contribution in [2.45, 2.75) is 17.9 Å². The van der Waals surface area contributed by atoms with Crippen molar-refractivity contribution in [2.75, 3.05) is 32.2 Å². The lowest BCUT2D eigenvalue weighted by atomic mass is 10.1. The Bertz CT molecular complexity index is 410. The van der Waals surface area contributed by atoms with Crippen LogP contribution in [0.15, 0.2) is 23.1 Å². The topological polar surface area (TPSA) is 39.1 Å². The molecular formula is C13H19N3S. The van der Waals surface area contributed by atoms with Crippen LogP contribution in [-0.2, 0) is 0 Å². The third-order valence-electron chi connectivity index (χ3n) is 2.40. The number of benzene rings is 1. The van der Waals surface area contributed by atoms with Gasteiger partial charge in [-0.3, -0.25) is 0 Å². The molecule has 0 spiro atoms. The van der Waals surface area contributed by atoms with Crippen LogP contribution in [0.1, 0.15) is 12.5 Å². The van der Waals surface area contributed by atoms with Crippen molar-refractivity contribution in [3.63, 3.8) is 0 Å². The van der Waals surface area contributed by atoms with Crippen molar-refractivity contribution < 1.29 is 0 Å². The summed E-state index contributed by atoms with van der Waals surface area (Å²) in [6.45, 7) is 3.06. The van der Waals surface area contributed by atoms with Crippen molar-refractivity contribution in [2.24, 2.45) is 0 Å². The average molecular weight is 249 g/mol. The normalized spacial score (nSPS) is 12.2. The van der Waals surface area contributed by atoms with Gasteiger partial charge in [0.25, 0.3) is 0 Å². The highest BCUT2D eigenvalue weighted by Crippen LogP contribution is 2.26. The first kappa shape index (κ1) is 13.9. The number of anilines is 1. The summed E-state index contributed by atoms with van der Waals surface area (Å²) in [7, 11) is 4.09. The van der Waals surface area contributed by atoms with E-state index in [2.05, 4.69) is 23.2 Å². The van der Waals surface area contributed by atoms with Crippen LogP contribution >= 0.6 is 11.8 Å². The molecule has 3 nitrogen and oxygen atoms in total. The van der Waals surface area contributed by atoms with Crippen molar-refractivity contribution in [1.29, 1.82) is 5.26 Å². The Labute approximate surface area is 108 Å². The standard InChI is InChI=1S/C13H19N3S/c1-10(9-16(2)3)15-12-6-5-7-13(17-4)11(12)8-14/h5-7,10,15H,9H2,1-4H3. The van der Waals surface area contributed by atoms with E-state index in [9.17, 15) is 5.26 Å². The fraction of sp³-hybridized carbons (Fsp3) is 0.462. The highest BCUT2D eigenvalue weighted by molar-refractivity contribution is 7.98. The summed E-state index contributed by atoms with van der Waals surface area (Å²) in [5, 5.41) is 12.6. The Balaban J connectivity index is 2.88. The smallest absolute Gasteiger partial charge is 0.102 e. The second-order valence-corrected chi connectivity index (χ2v) is 5.15. The quantitative estimate of drug-likeness (QED) is 0.814. The van der Waals surface area contributed by atoms with Gasteiger partial charge in [-0.15, -0.1) is 11.8 Å². The summed E-state index contributed by atoms with van der Waals surface area (Å²) in [6, 6.07) is 8.51. The third-order valence-corrected chi connectivity index (χ3v) is 3.18. The Morgan fingerprint density at radius 1 is 1.47 bits per heavy atom. The highest BCUT2D eigenvalue weighted by atomic mass is 32.2. The van der Waals surface area contributed by atoms with E-state index >= 15 is 0 Å². The molecule has 1 rings (SSSR count). The second-order valence-electron chi connectivity index (χ2n) is 4.30. The van der Waals surface area contributed by atoms with E-state index in [0.29, 0.717) is 6.04 Å². The van der Waals surface area contributed by atoms with E-state index in [1.807, 2.05) is 38.6 Å².